The van der Waals surface area contributed by atoms with E-state index in [1.165, 1.54) is 0 Å². The first-order valence-electron chi connectivity index (χ1n) is 12.2. The van der Waals surface area contributed by atoms with Crippen molar-refractivity contribution >= 4 is 28.1 Å². The monoisotopic (exact) mass is 502 g/mol. The molecule has 3 heterocycles. The van der Waals surface area contributed by atoms with Gasteiger partial charge in [0.1, 0.15) is 22.8 Å². The Balaban J connectivity index is 1.61. The van der Waals surface area contributed by atoms with E-state index < -0.39 is 11.8 Å². The molecule has 0 radical (unpaired) electrons. The summed E-state index contributed by atoms with van der Waals surface area (Å²) in [6.45, 7) is 0. The fourth-order valence-electron chi connectivity index (χ4n) is 5.38. The van der Waals surface area contributed by atoms with Crippen molar-refractivity contribution in [2.75, 3.05) is 14.2 Å². The molecular weight excluding hydrogens is 480 g/mol. The Labute approximate surface area is 218 Å². The molecule has 0 bridgehead atoms. The third-order valence-corrected chi connectivity index (χ3v) is 7.06. The number of methoxy groups -OCH3 is 2. The number of ether oxygens (including phenoxy) is 4. The van der Waals surface area contributed by atoms with Crippen LogP contribution in [0, 0.1) is 0 Å². The number of carbonyl (C=O) groups is 1. The predicted molar refractivity (Wildman–Crippen MR) is 143 cm³/mol. The number of esters is 1. The van der Waals surface area contributed by atoms with Gasteiger partial charge in [-0.2, -0.15) is 0 Å². The number of carbonyl (C=O) groups excluding carboxylic acids is 1. The molecule has 2 aliphatic heterocycles. The summed E-state index contributed by atoms with van der Waals surface area (Å²) in [4.78, 5) is 13.8. The Hall–Kier alpha value is -4.97. The highest BCUT2D eigenvalue weighted by atomic mass is 16.7. The van der Waals surface area contributed by atoms with Crippen molar-refractivity contribution in [2.24, 2.45) is 0 Å². The standard InChI is InChI=1S/C32H22O6/c1-34-21-13-15-23-25(17-21)36-30-24-16-14-22(35-2)18-26(24)37-32(29(23)30)28(20-11-7-4-8-12-20)27(31(33)38-32)19-9-5-3-6-10-19/h3-18H,1-2H3. The second-order valence-corrected chi connectivity index (χ2v) is 9.12. The van der Waals surface area contributed by atoms with Crippen molar-refractivity contribution in [3.63, 3.8) is 0 Å². The Kier molecular flexibility index (Phi) is 4.85. The molecule has 1 atom stereocenters. The SMILES string of the molecule is COc1ccc2c(c1)OC1(OC(=O)C(c3ccccc3)=C1c1ccccc1)c1c-2oc2cc(OC)ccc12. The number of furan rings is 1. The zero-order valence-corrected chi connectivity index (χ0v) is 20.7. The molecule has 6 heteroatoms. The van der Waals surface area contributed by atoms with Crippen LogP contribution < -0.4 is 14.2 Å². The number of rotatable bonds is 4. The Morgan fingerprint density at radius 2 is 1.37 bits per heavy atom. The van der Waals surface area contributed by atoms with Crippen LogP contribution in [-0.4, -0.2) is 20.2 Å². The van der Waals surface area contributed by atoms with Gasteiger partial charge in [-0.15, -0.1) is 0 Å². The lowest BCUT2D eigenvalue weighted by molar-refractivity contribution is -0.170. The molecule has 4 aromatic carbocycles. The van der Waals surface area contributed by atoms with Gasteiger partial charge < -0.3 is 23.4 Å². The Morgan fingerprint density at radius 1 is 0.711 bits per heavy atom. The molecule has 0 saturated carbocycles. The van der Waals surface area contributed by atoms with Crippen LogP contribution in [0.2, 0.25) is 0 Å². The maximum absolute atomic E-state index is 13.8. The molecular formula is C32H22O6. The van der Waals surface area contributed by atoms with E-state index in [2.05, 4.69) is 0 Å². The van der Waals surface area contributed by atoms with E-state index in [4.69, 9.17) is 23.4 Å². The van der Waals surface area contributed by atoms with Crippen molar-refractivity contribution < 1.29 is 28.2 Å². The van der Waals surface area contributed by atoms with Crippen molar-refractivity contribution in [3.05, 3.63) is 114 Å². The maximum atomic E-state index is 13.8. The predicted octanol–water partition coefficient (Wildman–Crippen LogP) is 6.83. The van der Waals surface area contributed by atoms with Gasteiger partial charge in [-0.05, 0) is 35.4 Å². The van der Waals surface area contributed by atoms with Gasteiger partial charge in [0.2, 0.25) is 0 Å². The molecule has 38 heavy (non-hydrogen) atoms. The average Bonchev–Trinajstić information content (AvgIpc) is 3.49. The second-order valence-electron chi connectivity index (χ2n) is 9.12. The summed E-state index contributed by atoms with van der Waals surface area (Å²) in [6, 6.07) is 30.3. The first-order valence-corrected chi connectivity index (χ1v) is 12.2. The third-order valence-electron chi connectivity index (χ3n) is 7.06. The molecule has 0 aliphatic carbocycles. The molecule has 7 rings (SSSR count). The fraction of sp³-hybridized carbons (Fsp3) is 0.0938. The number of fused-ring (bicyclic) bond motifs is 6. The van der Waals surface area contributed by atoms with Crippen molar-refractivity contribution in [2.45, 2.75) is 5.79 Å². The molecule has 1 spiro atoms. The molecule has 2 aliphatic rings. The van der Waals surface area contributed by atoms with E-state index in [0.29, 0.717) is 45.3 Å². The molecule has 1 unspecified atom stereocenters. The minimum atomic E-state index is -1.60. The van der Waals surface area contributed by atoms with E-state index in [0.717, 1.165) is 22.1 Å². The summed E-state index contributed by atoms with van der Waals surface area (Å²) < 4.78 is 30.5. The van der Waals surface area contributed by atoms with Crippen molar-refractivity contribution in [3.8, 4) is 28.6 Å². The molecule has 5 aromatic rings. The third kappa shape index (κ3) is 3.10. The normalized spacial score (nSPS) is 17.7. The first-order chi connectivity index (χ1) is 18.6. The van der Waals surface area contributed by atoms with Crippen molar-refractivity contribution in [1.29, 1.82) is 0 Å². The van der Waals surface area contributed by atoms with Gasteiger partial charge in [0.15, 0.2) is 5.76 Å². The van der Waals surface area contributed by atoms with Crippen LogP contribution in [0.25, 0.3) is 33.4 Å². The minimum absolute atomic E-state index is 0.442. The highest BCUT2D eigenvalue weighted by Crippen LogP contribution is 2.59. The number of hydrogen-bond donors (Lipinski definition) is 0. The molecule has 1 aromatic heterocycles. The van der Waals surface area contributed by atoms with Gasteiger partial charge in [-0.1, -0.05) is 60.7 Å². The summed E-state index contributed by atoms with van der Waals surface area (Å²) in [5.74, 6) is 0.234. The summed E-state index contributed by atoms with van der Waals surface area (Å²) in [7, 11) is 3.20. The number of benzene rings is 4. The lowest BCUT2D eigenvalue weighted by Crippen LogP contribution is -2.38. The highest BCUT2D eigenvalue weighted by molar-refractivity contribution is 6.29. The van der Waals surface area contributed by atoms with Gasteiger partial charge >= 0.3 is 11.8 Å². The molecule has 0 amide bonds. The quantitative estimate of drug-likeness (QED) is 0.251. The highest BCUT2D eigenvalue weighted by Gasteiger charge is 2.57. The zero-order valence-electron chi connectivity index (χ0n) is 20.7. The van der Waals surface area contributed by atoms with E-state index in [-0.39, 0.29) is 0 Å². The second kappa shape index (κ2) is 8.28. The smallest absolute Gasteiger partial charge is 0.343 e. The van der Waals surface area contributed by atoms with Crippen LogP contribution in [0.5, 0.6) is 17.2 Å². The van der Waals surface area contributed by atoms with Crippen LogP contribution in [0.3, 0.4) is 0 Å². The average molecular weight is 503 g/mol. The molecule has 0 saturated heterocycles. The van der Waals surface area contributed by atoms with Gasteiger partial charge in [-0.3, -0.25) is 0 Å². The van der Waals surface area contributed by atoms with Gasteiger partial charge in [-0.25, -0.2) is 4.79 Å². The molecule has 6 nitrogen and oxygen atoms in total. The molecule has 0 N–H and O–H groups in total. The largest absolute Gasteiger partial charge is 0.497 e. The van der Waals surface area contributed by atoms with Crippen molar-refractivity contribution in [1.82, 2.24) is 0 Å². The molecule has 0 fully saturated rings. The topological polar surface area (TPSA) is 67.1 Å². The van der Waals surface area contributed by atoms with E-state index in [1.54, 1.807) is 20.3 Å². The summed E-state index contributed by atoms with van der Waals surface area (Å²) >= 11 is 0. The summed E-state index contributed by atoms with van der Waals surface area (Å²) in [5, 5.41) is 0.762. The van der Waals surface area contributed by atoms with Crippen LogP contribution in [-0.2, 0) is 15.3 Å². The lowest BCUT2D eigenvalue weighted by Gasteiger charge is -2.35. The van der Waals surface area contributed by atoms with Crippen LogP contribution in [0.15, 0.2) is 101 Å². The Morgan fingerprint density at radius 3 is 2.08 bits per heavy atom. The zero-order chi connectivity index (χ0) is 25.9. The minimum Gasteiger partial charge on any atom is -0.497 e. The molecule has 186 valence electrons. The van der Waals surface area contributed by atoms with E-state index in [9.17, 15) is 4.79 Å². The lowest BCUT2D eigenvalue weighted by atomic mass is 9.84. The Bertz CT molecular complexity index is 1750. The summed E-state index contributed by atoms with van der Waals surface area (Å²) in [6.07, 6.45) is 0. The maximum Gasteiger partial charge on any atom is 0.343 e. The van der Waals surface area contributed by atoms with Crippen LogP contribution in [0.4, 0.5) is 0 Å². The number of hydrogen-bond acceptors (Lipinski definition) is 6. The first kappa shape index (κ1) is 22.2. The van der Waals surface area contributed by atoms with Gasteiger partial charge in [0.05, 0.1) is 36.5 Å². The summed E-state index contributed by atoms with van der Waals surface area (Å²) in [5.41, 5.74) is 4.56. The van der Waals surface area contributed by atoms with Crippen LogP contribution >= 0.6 is 0 Å². The van der Waals surface area contributed by atoms with Gasteiger partial charge in [0.25, 0.3) is 0 Å². The van der Waals surface area contributed by atoms with E-state index in [1.807, 2.05) is 91.0 Å². The van der Waals surface area contributed by atoms with Crippen LogP contribution in [0.1, 0.15) is 16.7 Å². The van der Waals surface area contributed by atoms with Gasteiger partial charge in [0, 0.05) is 17.5 Å². The van der Waals surface area contributed by atoms with E-state index >= 15 is 0 Å². The fourth-order valence-corrected chi connectivity index (χ4v) is 5.38.